The van der Waals surface area contributed by atoms with Gasteiger partial charge in [0.15, 0.2) is 0 Å². The fourth-order valence-corrected chi connectivity index (χ4v) is 9.72. The molecule has 1 aromatic heterocycles. The number of nitrogens with zero attached hydrogens (tertiary/aromatic N) is 1. The molecule has 0 N–H and O–H groups in total. The minimum absolute atomic E-state index is 0.896. The Balaban J connectivity index is 1.12. The van der Waals surface area contributed by atoms with Crippen molar-refractivity contribution in [3.05, 3.63) is 249 Å². The Morgan fingerprint density at radius 3 is 1.61 bits per heavy atom. The van der Waals surface area contributed by atoms with Crippen molar-refractivity contribution in [2.24, 2.45) is 0 Å². The van der Waals surface area contributed by atoms with E-state index in [1.807, 2.05) is 12.1 Å². The highest BCUT2D eigenvalue weighted by atomic mass is 16.3. The monoisotopic (exact) mass is 815 g/mol. The van der Waals surface area contributed by atoms with Gasteiger partial charge in [-0.15, -0.1) is 0 Å². The first-order chi connectivity index (χ1) is 31.8. The van der Waals surface area contributed by atoms with Crippen LogP contribution in [0.5, 0.6) is 0 Å². The molecule has 0 atom stereocenters. The van der Waals surface area contributed by atoms with Gasteiger partial charge in [-0.05, 0) is 90.8 Å². The minimum atomic E-state index is 0.896. The molecule has 64 heavy (non-hydrogen) atoms. The second kappa shape index (κ2) is 15.8. The summed E-state index contributed by atoms with van der Waals surface area (Å²) in [5.74, 6) is 0. The second-order valence-corrected chi connectivity index (χ2v) is 16.4. The molecule has 2 heteroatoms. The van der Waals surface area contributed by atoms with Crippen LogP contribution in [0.15, 0.2) is 253 Å². The summed E-state index contributed by atoms with van der Waals surface area (Å²) in [6, 6.07) is 89.8. The number of hydrogen-bond acceptors (Lipinski definition) is 2. The van der Waals surface area contributed by atoms with Crippen molar-refractivity contribution < 1.29 is 4.42 Å². The van der Waals surface area contributed by atoms with Crippen LogP contribution in [0.4, 0.5) is 17.1 Å². The van der Waals surface area contributed by atoms with E-state index >= 15 is 0 Å². The molecule has 1 heterocycles. The SMILES string of the molecule is c1ccc(-c2ccc(-c3cccc4ccccc34)cc2N(c2ccc(-c3cccc4c3oc3ccccc34)cc2)c2ccccc2-c2cccc3cccc(-c4ccccc4)c23)cc1. The lowest BCUT2D eigenvalue weighted by atomic mass is 9.90. The Morgan fingerprint density at radius 2 is 0.812 bits per heavy atom. The summed E-state index contributed by atoms with van der Waals surface area (Å²) in [5.41, 5.74) is 16.5. The predicted octanol–water partition coefficient (Wildman–Crippen LogP) is 17.7. The van der Waals surface area contributed by atoms with Crippen molar-refractivity contribution in [3.63, 3.8) is 0 Å². The van der Waals surface area contributed by atoms with Crippen LogP contribution < -0.4 is 4.90 Å². The van der Waals surface area contributed by atoms with E-state index in [0.29, 0.717) is 0 Å². The highest BCUT2D eigenvalue weighted by molar-refractivity contribution is 6.11. The largest absolute Gasteiger partial charge is 0.455 e. The molecule has 0 fully saturated rings. The zero-order valence-electron chi connectivity index (χ0n) is 35.0. The summed E-state index contributed by atoms with van der Waals surface area (Å²) in [4.78, 5) is 2.47. The molecule has 0 saturated heterocycles. The number of furan rings is 1. The Kier molecular flexibility index (Phi) is 9.20. The topological polar surface area (TPSA) is 16.4 Å². The van der Waals surface area contributed by atoms with Crippen LogP contribution >= 0.6 is 0 Å². The van der Waals surface area contributed by atoms with Gasteiger partial charge >= 0.3 is 0 Å². The second-order valence-electron chi connectivity index (χ2n) is 16.4. The van der Waals surface area contributed by atoms with Crippen LogP contribution in [0.25, 0.3) is 99.1 Å². The van der Waals surface area contributed by atoms with Gasteiger partial charge in [-0.3, -0.25) is 0 Å². The van der Waals surface area contributed by atoms with Crippen molar-refractivity contribution in [2.45, 2.75) is 0 Å². The minimum Gasteiger partial charge on any atom is -0.455 e. The zero-order valence-corrected chi connectivity index (χ0v) is 35.0. The van der Waals surface area contributed by atoms with Gasteiger partial charge in [-0.2, -0.15) is 0 Å². The molecule has 0 saturated carbocycles. The maximum absolute atomic E-state index is 6.54. The van der Waals surface area contributed by atoms with Crippen LogP contribution in [0, 0.1) is 0 Å². The molecule has 11 aromatic carbocycles. The third-order valence-electron chi connectivity index (χ3n) is 12.7. The van der Waals surface area contributed by atoms with Gasteiger partial charge in [-0.1, -0.05) is 218 Å². The summed E-state index contributed by atoms with van der Waals surface area (Å²) < 4.78 is 6.54. The number of anilines is 3. The van der Waals surface area contributed by atoms with Crippen molar-refractivity contribution in [1.82, 2.24) is 0 Å². The Morgan fingerprint density at radius 1 is 0.281 bits per heavy atom. The summed E-state index contributed by atoms with van der Waals surface area (Å²) in [6.07, 6.45) is 0. The smallest absolute Gasteiger partial charge is 0.143 e. The lowest BCUT2D eigenvalue weighted by Crippen LogP contribution is -2.13. The first kappa shape index (κ1) is 37.3. The molecule has 12 aromatic rings. The lowest BCUT2D eigenvalue weighted by Gasteiger charge is -2.31. The van der Waals surface area contributed by atoms with E-state index < -0.39 is 0 Å². The lowest BCUT2D eigenvalue weighted by molar-refractivity contribution is 0.670. The third kappa shape index (κ3) is 6.44. The van der Waals surface area contributed by atoms with E-state index in [9.17, 15) is 0 Å². The molecule has 0 radical (unpaired) electrons. The first-order valence-electron chi connectivity index (χ1n) is 21.9. The summed E-state index contributed by atoms with van der Waals surface area (Å²) in [7, 11) is 0. The normalized spacial score (nSPS) is 11.4. The van der Waals surface area contributed by atoms with E-state index in [1.165, 1.54) is 43.8 Å². The highest BCUT2D eigenvalue weighted by Gasteiger charge is 2.24. The summed E-state index contributed by atoms with van der Waals surface area (Å²) in [5, 5.41) is 7.12. The molecular weight excluding hydrogens is 775 g/mol. The molecule has 0 spiro atoms. The van der Waals surface area contributed by atoms with Crippen LogP contribution in [0.2, 0.25) is 0 Å². The molecule has 0 bridgehead atoms. The highest BCUT2D eigenvalue weighted by Crippen LogP contribution is 2.49. The fourth-order valence-electron chi connectivity index (χ4n) is 9.72. The van der Waals surface area contributed by atoms with Crippen LogP contribution in [-0.2, 0) is 0 Å². The fraction of sp³-hybridized carbons (Fsp3) is 0. The van der Waals surface area contributed by atoms with Gasteiger partial charge in [0, 0.05) is 33.2 Å². The van der Waals surface area contributed by atoms with E-state index in [1.54, 1.807) is 0 Å². The maximum atomic E-state index is 6.54. The Bertz CT molecular complexity index is 3650. The van der Waals surface area contributed by atoms with Crippen LogP contribution in [-0.4, -0.2) is 0 Å². The van der Waals surface area contributed by atoms with Crippen molar-refractivity contribution in [2.75, 3.05) is 4.90 Å². The molecule has 0 unspecified atom stereocenters. The van der Waals surface area contributed by atoms with E-state index in [-0.39, 0.29) is 0 Å². The zero-order chi connectivity index (χ0) is 42.4. The Labute approximate surface area is 372 Å². The number of benzene rings is 11. The van der Waals surface area contributed by atoms with Crippen molar-refractivity contribution >= 4 is 60.5 Å². The molecule has 0 amide bonds. The van der Waals surface area contributed by atoms with Crippen LogP contribution in [0.3, 0.4) is 0 Å². The molecule has 2 nitrogen and oxygen atoms in total. The van der Waals surface area contributed by atoms with Gasteiger partial charge in [0.05, 0.1) is 11.4 Å². The molecule has 0 aliphatic heterocycles. The average molecular weight is 816 g/mol. The average Bonchev–Trinajstić information content (AvgIpc) is 3.76. The van der Waals surface area contributed by atoms with Gasteiger partial charge in [0.2, 0.25) is 0 Å². The quantitative estimate of drug-likeness (QED) is 0.152. The van der Waals surface area contributed by atoms with Crippen molar-refractivity contribution in [3.8, 4) is 55.6 Å². The molecule has 0 aliphatic carbocycles. The number of rotatable bonds is 8. The first-order valence-corrected chi connectivity index (χ1v) is 21.9. The summed E-state index contributed by atoms with van der Waals surface area (Å²) in [6.45, 7) is 0. The number of hydrogen-bond donors (Lipinski definition) is 0. The molecule has 300 valence electrons. The van der Waals surface area contributed by atoms with E-state index in [0.717, 1.165) is 72.4 Å². The maximum Gasteiger partial charge on any atom is 0.143 e. The van der Waals surface area contributed by atoms with E-state index in [4.69, 9.17) is 4.42 Å². The standard InChI is InChI=1S/C62H41NO/c1-3-17-43(18-4-1)51-40-37-47(50-28-13-22-42-21-7-8-25-49(42)50)41-59(51)63(48-38-35-45(36-39-48)53-30-16-32-57-55-27-10-12-34-60(55)64-62(53)57)58-33-11-9-26-54(58)56-31-15-24-46-23-14-29-52(61(46)56)44-19-5-2-6-20-44/h1-41H. The van der Waals surface area contributed by atoms with Crippen LogP contribution in [0.1, 0.15) is 0 Å². The van der Waals surface area contributed by atoms with Crippen molar-refractivity contribution in [1.29, 1.82) is 0 Å². The third-order valence-corrected chi connectivity index (χ3v) is 12.7. The van der Waals surface area contributed by atoms with Gasteiger partial charge < -0.3 is 9.32 Å². The summed E-state index contributed by atoms with van der Waals surface area (Å²) >= 11 is 0. The number of para-hydroxylation sites is 3. The van der Waals surface area contributed by atoms with Gasteiger partial charge in [-0.25, -0.2) is 0 Å². The van der Waals surface area contributed by atoms with E-state index in [2.05, 4.69) is 241 Å². The molecule has 0 aliphatic rings. The number of fused-ring (bicyclic) bond motifs is 5. The van der Waals surface area contributed by atoms with Gasteiger partial charge in [0.1, 0.15) is 11.2 Å². The van der Waals surface area contributed by atoms with Gasteiger partial charge in [0.25, 0.3) is 0 Å². The molecular formula is C62H41NO. The molecule has 12 rings (SSSR count). The predicted molar refractivity (Wildman–Crippen MR) is 271 cm³/mol. The Hall–Kier alpha value is -8.46.